The summed E-state index contributed by atoms with van der Waals surface area (Å²) >= 11 is 1.75. The van der Waals surface area contributed by atoms with Crippen molar-refractivity contribution in [2.75, 3.05) is 7.05 Å². The number of hydrogen-bond acceptors (Lipinski definition) is 4. The van der Waals surface area contributed by atoms with Crippen molar-refractivity contribution >= 4 is 11.8 Å². The first-order valence-corrected chi connectivity index (χ1v) is 7.67. The maximum atomic E-state index is 4.23. The van der Waals surface area contributed by atoms with Crippen LogP contribution in [0.1, 0.15) is 29.9 Å². The Labute approximate surface area is 125 Å². The molecule has 0 spiro atoms. The summed E-state index contributed by atoms with van der Waals surface area (Å²) in [6.45, 7) is 6.30. The van der Waals surface area contributed by atoms with Crippen LogP contribution in [0, 0.1) is 13.8 Å². The molecule has 2 rings (SSSR count). The normalized spacial score (nSPS) is 14.2. The van der Waals surface area contributed by atoms with Gasteiger partial charge in [-0.05, 0) is 26.5 Å². The second-order valence-corrected chi connectivity index (χ2v) is 6.43. The molecule has 0 saturated heterocycles. The maximum absolute atomic E-state index is 4.23. The molecule has 1 heterocycles. The molecule has 1 aromatic carbocycles. The van der Waals surface area contributed by atoms with Crippen LogP contribution < -0.4 is 5.32 Å². The van der Waals surface area contributed by atoms with E-state index in [0.29, 0.717) is 5.25 Å². The third-order valence-electron chi connectivity index (χ3n) is 3.56. The minimum atomic E-state index is 0.289. The summed E-state index contributed by atoms with van der Waals surface area (Å²) in [7, 11) is 4.01. The topological polar surface area (TPSA) is 42.7 Å². The fourth-order valence-corrected chi connectivity index (χ4v) is 3.31. The van der Waals surface area contributed by atoms with Gasteiger partial charge in [0, 0.05) is 18.3 Å². The summed E-state index contributed by atoms with van der Waals surface area (Å²) in [6, 6.07) is 8.98. The Morgan fingerprint density at radius 3 is 2.30 bits per heavy atom. The molecule has 4 nitrogen and oxygen atoms in total. The number of benzene rings is 1. The lowest BCUT2D eigenvalue weighted by Crippen LogP contribution is -2.25. The molecule has 0 amide bonds. The number of hydrogen-bond donors (Lipinski definition) is 1. The van der Waals surface area contributed by atoms with Gasteiger partial charge in [0.1, 0.15) is 5.82 Å². The van der Waals surface area contributed by atoms with E-state index >= 15 is 0 Å². The van der Waals surface area contributed by atoms with Crippen LogP contribution in [0.4, 0.5) is 0 Å². The Balaban J connectivity index is 2.15. The molecule has 0 saturated carbocycles. The van der Waals surface area contributed by atoms with Crippen LogP contribution in [-0.2, 0) is 7.05 Å². The Morgan fingerprint density at radius 2 is 1.80 bits per heavy atom. The third-order valence-corrected chi connectivity index (χ3v) is 4.77. The van der Waals surface area contributed by atoms with Gasteiger partial charge in [-0.15, -0.1) is 10.2 Å². The van der Waals surface area contributed by atoms with Crippen molar-refractivity contribution in [2.24, 2.45) is 7.05 Å². The molecule has 0 bridgehead atoms. The Kier molecular flexibility index (Phi) is 4.83. The van der Waals surface area contributed by atoms with E-state index in [0.717, 1.165) is 11.0 Å². The van der Waals surface area contributed by atoms with Crippen LogP contribution in [-0.4, -0.2) is 27.1 Å². The Bertz CT molecular complexity index is 562. The quantitative estimate of drug-likeness (QED) is 0.860. The second kappa shape index (κ2) is 6.41. The minimum Gasteiger partial charge on any atom is -0.312 e. The summed E-state index contributed by atoms with van der Waals surface area (Å²) in [4.78, 5) is 0. The van der Waals surface area contributed by atoms with Crippen LogP contribution in [0.15, 0.2) is 29.4 Å². The van der Waals surface area contributed by atoms with E-state index in [1.165, 1.54) is 11.1 Å². The van der Waals surface area contributed by atoms with E-state index in [2.05, 4.69) is 53.6 Å². The molecule has 2 unspecified atom stereocenters. The van der Waals surface area contributed by atoms with Gasteiger partial charge in [0.25, 0.3) is 0 Å². The number of nitrogens with zero attached hydrogens (tertiary/aromatic N) is 3. The molecule has 2 atom stereocenters. The molecule has 108 valence electrons. The maximum Gasteiger partial charge on any atom is 0.191 e. The van der Waals surface area contributed by atoms with Gasteiger partial charge >= 0.3 is 0 Å². The smallest absolute Gasteiger partial charge is 0.191 e. The first kappa shape index (κ1) is 15.1. The highest BCUT2D eigenvalue weighted by Crippen LogP contribution is 2.30. The summed E-state index contributed by atoms with van der Waals surface area (Å²) in [6.07, 6.45) is 0. The van der Waals surface area contributed by atoms with Crippen molar-refractivity contribution in [3.05, 3.63) is 41.2 Å². The fraction of sp³-hybridized carbons (Fsp3) is 0.467. The highest BCUT2D eigenvalue weighted by atomic mass is 32.2. The Hall–Kier alpha value is -1.33. The van der Waals surface area contributed by atoms with Crippen LogP contribution in [0.3, 0.4) is 0 Å². The predicted molar refractivity (Wildman–Crippen MR) is 84.0 cm³/mol. The largest absolute Gasteiger partial charge is 0.312 e. The lowest BCUT2D eigenvalue weighted by molar-refractivity contribution is 0.586. The van der Waals surface area contributed by atoms with E-state index < -0.39 is 0 Å². The van der Waals surface area contributed by atoms with E-state index in [-0.39, 0.29) is 6.04 Å². The average Bonchev–Trinajstić information content (AvgIpc) is 2.74. The third kappa shape index (κ3) is 3.22. The van der Waals surface area contributed by atoms with Crippen molar-refractivity contribution in [1.82, 2.24) is 20.1 Å². The molecular formula is C15H22N4S. The number of aromatic nitrogens is 3. The van der Waals surface area contributed by atoms with Crippen molar-refractivity contribution in [3.8, 4) is 0 Å². The molecular weight excluding hydrogens is 268 g/mol. The van der Waals surface area contributed by atoms with Crippen molar-refractivity contribution in [2.45, 2.75) is 37.2 Å². The Morgan fingerprint density at radius 1 is 1.15 bits per heavy atom. The summed E-state index contributed by atoms with van der Waals surface area (Å²) < 4.78 is 2.03. The van der Waals surface area contributed by atoms with Crippen LogP contribution >= 0.6 is 11.8 Å². The van der Waals surface area contributed by atoms with Gasteiger partial charge < -0.3 is 9.88 Å². The monoisotopic (exact) mass is 290 g/mol. The van der Waals surface area contributed by atoms with Crippen LogP contribution in [0.5, 0.6) is 0 Å². The zero-order chi connectivity index (χ0) is 14.7. The van der Waals surface area contributed by atoms with Gasteiger partial charge in [-0.3, -0.25) is 0 Å². The lowest BCUT2D eigenvalue weighted by atomic mass is 10.0. The first-order chi connectivity index (χ1) is 9.52. The van der Waals surface area contributed by atoms with Crippen molar-refractivity contribution < 1.29 is 0 Å². The standard InChI is InChI=1S/C15H22N4S/c1-10-6-8-13(9-7-10)14(16-4)11(2)20-15-18-17-12(3)19(15)5/h6-9,11,14,16H,1-5H3. The zero-order valence-electron chi connectivity index (χ0n) is 12.7. The van der Waals surface area contributed by atoms with Gasteiger partial charge in [-0.1, -0.05) is 48.5 Å². The molecule has 0 aliphatic heterocycles. The minimum absolute atomic E-state index is 0.289. The fourth-order valence-electron chi connectivity index (χ4n) is 2.17. The van der Waals surface area contributed by atoms with Gasteiger partial charge in [0.2, 0.25) is 0 Å². The summed E-state index contributed by atoms with van der Waals surface area (Å²) in [5, 5.41) is 13.1. The van der Waals surface area contributed by atoms with Gasteiger partial charge in [0.05, 0.1) is 0 Å². The summed E-state index contributed by atoms with van der Waals surface area (Å²) in [5.74, 6) is 0.941. The zero-order valence-corrected chi connectivity index (χ0v) is 13.5. The molecule has 20 heavy (non-hydrogen) atoms. The highest BCUT2D eigenvalue weighted by Gasteiger charge is 2.20. The van der Waals surface area contributed by atoms with Crippen molar-refractivity contribution in [3.63, 3.8) is 0 Å². The average molecular weight is 290 g/mol. The van der Waals surface area contributed by atoms with Gasteiger partial charge in [-0.2, -0.15) is 0 Å². The molecule has 5 heteroatoms. The molecule has 1 aromatic heterocycles. The van der Waals surface area contributed by atoms with E-state index in [1.54, 1.807) is 11.8 Å². The molecule has 0 aliphatic carbocycles. The molecule has 0 radical (unpaired) electrons. The predicted octanol–water partition coefficient (Wildman–Crippen LogP) is 2.87. The number of rotatable bonds is 5. The van der Waals surface area contributed by atoms with Crippen LogP contribution in [0.2, 0.25) is 0 Å². The highest BCUT2D eigenvalue weighted by molar-refractivity contribution is 7.99. The number of aryl methyl sites for hydroxylation is 2. The SMILES string of the molecule is CNC(c1ccc(C)cc1)C(C)Sc1nnc(C)n1C. The number of thioether (sulfide) groups is 1. The van der Waals surface area contributed by atoms with E-state index in [4.69, 9.17) is 0 Å². The first-order valence-electron chi connectivity index (χ1n) is 6.79. The van der Waals surface area contributed by atoms with Crippen LogP contribution in [0.25, 0.3) is 0 Å². The van der Waals surface area contributed by atoms with Gasteiger partial charge in [0.15, 0.2) is 5.16 Å². The molecule has 1 N–H and O–H groups in total. The lowest BCUT2D eigenvalue weighted by Gasteiger charge is -2.23. The summed E-state index contributed by atoms with van der Waals surface area (Å²) in [5.41, 5.74) is 2.59. The molecule has 0 fully saturated rings. The second-order valence-electron chi connectivity index (χ2n) is 5.09. The van der Waals surface area contributed by atoms with Gasteiger partial charge in [-0.25, -0.2) is 0 Å². The number of nitrogens with one attached hydrogen (secondary N) is 1. The van der Waals surface area contributed by atoms with E-state index in [1.807, 2.05) is 25.6 Å². The van der Waals surface area contributed by atoms with E-state index in [9.17, 15) is 0 Å². The van der Waals surface area contributed by atoms with Crippen molar-refractivity contribution in [1.29, 1.82) is 0 Å². The molecule has 2 aromatic rings. The molecule has 0 aliphatic rings.